The number of hydrogen-bond acceptors (Lipinski definition) is 3. The van der Waals surface area contributed by atoms with Gasteiger partial charge in [-0.1, -0.05) is 0 Å². The first-order valence-electron chi connectivity index (χ1n) is 6.92. The van der Waals surface area contributed by atoms with Crippen LogP contribution in [0.4, 0.5) is 4.79 Å². The van der Waals surface area contributed by atoms with Gasteiger partial charge in [0.2, 0.25) is 0 Å². The van der Waals surface area contributed by atoms with Gasteiger partial charge in [-0.2, -0.15) is 5.10 Å². The molecule has 5 heteroatoms. The van der Waals surface area contributed by atoms with Crippen molar-refractivity contribution in [1.29, 1.82) is 0 Å². The maximum Gasteiger partial charge on any atom is 0.364 e. The molecule has 1 aliphatic heterocycles. The summed E-state index contributed by atoms with van der Waals surface area (Å²) in [6.45, 7) is 1.25. The molecule has 3 rings (SSSR count). The van der Waals surface area contributed by atoms with E-state index in [4.69, 9.17) is 4.84 Å². The average molecular weight is 251 g/mol. The fraction of sp³-hybridized carbons (Fsp3) is 0.846. The number of hydrazone groups is 1. The van der Waals surface area contributed by atoms with Gasteiger partial charge in [0.25, 0.3) is 0 Å². The Labute approximate surface area is 108 Å². The van der Waals surface area contributed by atoms with E-state index in [-0.39, 0.29) is 6.03 Å². The predicted molar refractivity (Wildman–Crippen MR) is 68.0 cm³/mol. The van der Waals surface area contributed by atoms with E-state index in [2.05, 4.69) is 5.10 Å². The summed E-state index contributed by atoms with van der Waals surface area (Å²) in [7, 11) is 1.52. The van der Waals surface area contributed by atoms with E-state index in [9.17, 15) is 4.79 Å². The van der Waals surface area contributed by atoms with Gasteiger partial charge < -0.3 is 0 Å². The first-order valence-corrected chi connectivity index (χ1v) is 6.92. The third-order valence-electron chi connectivity index (χ3n) is 4.51. The molecule has 2 saturated carbocycles. The summed E-state index contributed by atoms with van der Waals surface area (Å²) in [6, 6.07) is -0.129. The van der Waals surface area contributed by atoms with E-state index < -0.39 is 0 Å². The minimum absolute atomic E-state index is 0.129. The molecule has 0 radical (unpaired) electrons. The van der Waals surface area contributed by atoms with E-state index in [0.29, 0.717) is 18.5 Å². The molecule has 0 atom stereocenters. The Morgan fingerprint density at radius 3 is 2.67 bits per heavy atom. The van der Waals surface area contributed by atoms with Gasteiger partial charge in [0.15, 0.2) is 0 Å². The lowest BCUT2D eigenvalue weighted by molar-refractivity contribution is -0.0723. The van der Waals surface area contributed by atoms with Crippen LogP contribution in [-0.4, -0.2) is 42.0 Å². The maximum absolute atomic E-state index is 11.9. The van der Waals surface area contributed by atoms with Gasteiger partial charge in [0, 0.05) is 5.71 Å². The Balaban J connectivity index is 1.63. The Morgan fingerprint density at radius 1 is 1.17 bits per heavy atom. The lowest BCUT2D eigenvalue weighted by Gasteiger charge is -2.13. The standard InChI is InChI=1S/C13H21N3O2/c1-18-16-10-9-15(12(16)17)14-11-3-2-5-13(6-4-11)7-8-13/h2-10H2,1H3/b14-11+. The highest BCUT2D eigenvalue weighted by Gasteiger charge is 2.42. The lowest BCUT2D eigenvalue weighted by Crippen LogP contribution is -2.28. The van der Waals surface area contributed by atoms with E-state index in [1.807, 2.05) is 0 Å². The van der Waals surface area contributed by atoms with Crippen LogP contribution in [0.1, 0.15) is 44.9 Å². The molecule has 0 N–H and O–H groups in total. The Morgan fingerprint density at radius 2 is 2.00 bits per heavy atom. The molecule has 18 heavy (non-hydrogen) atoms. The normalized spacial score (nSPS) is 29.2. The van der Waals surface area contributed by atoms with Crippen molar-refractivity contribution < 1.29 is 9.63 Å². The topological polar surface area (TPSA) is 45.1 Å². The van der Waals surface area contributed by atoms with Crippen molar-refractivity contribution in [2.45, 2.75) is 44.9 Å². The number of nitrogens with zero attached hydrogens (tertiary/aromatic N) is 3. The summed E-state index contributed by atoms with van der Waals surface area (Å²) in [5.41, 5.74) is 1.86. The van der Waals surface area contributed by atoms with Crippen LogP contribution in [0.2, 0.25) is 0 Å². The van der Waals surface area contributed by atoms with Gasteiger partial charge in [0.1, 0.15) is 0 Å². The van der Waals surface area contributed by atoms with Crippen LogP contribution in [0.3, 0.4) is 0 Å². The SMILES string of the molecule is CON1CCN(/N=C2\CCCC3(CC2)CC3)C1=O. The maximum atomic E-state index is 11.9. The van der Waals surface area contributed by atoms with Crippen LogP contribution < -0.4 is 0 Å². The van der Waals surface area contributed by atoms with Crippen molar-refractivity contribution in [3.8, 4) is 0 Å². The van der Waals surface area contributed by atoms with Crippen molar-refractivity contribution in [1.82, 2.24) is 10.1 Å². The van der Waals surface area contributed by atoms with E-state index in [1.54, 1.807) is 5.01 Å². The summed E-state index contributed by atoms with van der Waals surface area (Å²) in [6.07, 6.45) is 8.77. The van der Waals surface area contributed by atoms with Crippen LogP contribution in [0, 0.1) is 5.41 Å². The number of amides is 2. The van der Waals surface area contributed by atoms with Crippen LogP contribution >= 0.6 is 0 Å². The summed E-state index contributed by atoms with van der Waals surface area (Å²) in [4.78, 5) is 16.8. The number of carbonyl (C=O) groups is 1. The van der Waals surface area contributed by atoms with Crippen LogP contribution in [0.5, 0.6) is 0 Å². The molecule has 0 aromatic heterocycles. The van der Waals surface area contributed by atoms with Crippen molar-refractivity contribution in [3.63, 3.8) is 0 Å². The molecule has 0 bridgehead atoms. The minimum atomic E-state index is -0.129. The molecule has 100 valence electrons. The van der Waals surface area contributed by atoms with Crippen molar-refractivity contribution >= 4 is 11.7 Å². The molecule has 0 unspecified atom stereocenters. The molecular formula is C13H21N3O2. The predicted octanol–water partition coefficient (Wildman–Crippen LogP) is 2.39. The smallest absolute Gasteiger partial charge is 0.273 e. The number of hydrogen-bond donors (Lipinski definition) is 0. The number of rotatable bonds is 2. The summed E-state index contributed by atoms with van der Waals surface area (Å²) >= 11 is 0. The monoisotopic (exact) mass is 251 g/mol. The summed E-state index contributed by atoms with van der Waals surface area (Å²) in [5, 5.41) is 7.47. The van der Waals surface area contributed by atoms with E-state index in [1.165, 1.54) is 50.0 Å². The Bertz CT molecular complexity index is 376. The van der Waals surface area contributed by atoms with E-state index >= 15 is 0 Å². The first kappa shape index (κ1) is 12.0. The molecule has 5 nitrogen and oxygen atoms in total. The first-order chi connectivity index (χ1) is 8.72. The zero-order chi connectivity index (χ0) is 12.6. The van der Waals surface area contributed by atoms with Gasteiger partial charge in [-0.15, -0.1) is 0 Å². The van der Waals surface area contributed by atoms with Crippen LogP contribution in [0.15, 0.2) is 5.10 Å². The molecular weight excluding hydrogens is 230 g/mol. The van der Waals surface area contributed by atoms with Gasteiger partial charge >= 0.3 is 6.03 Å². The minimum Gasteiger partial charge on any atom is -0.273 e. The number of urea groups is 1. The molecule has 3 aliphatic rings. The quantitative estimate of drug-likeness (QED) is 0.756. The number of carbonyl (C=O) groups excluding carboxylic acids is 1. The molecule has 1 heterocycles. The second kappa shape index (κ2) is 4.53. The second-order valence-corrected chi connectivity index (χ2v) is 5.71. The van der Waals surface area contributed by atoms with Gasteiger partial charge in [-0.25, -0.2) is 14.9 Å². The zero-order valence-electron chi connectivity index (χ0n) is 11.0. The lowest BCUT2D eigenvalue weighted by atomic mass is 9.97. The highest BCUT2D eigenvalue weighted by molar-refractivity contribution is 5.86. The molecule has 2 aliphatic carbocycles. The van der Waals surface area contributed by atoms with Crippen LogP contribution in [0.25, 0.3) is 0 Å². The van der Waals surface area contributed by atoms with Gasteiger partial charge in [-0.05, 0) is 50.4 Å². The molecule has 0 aromatic carbocycles. The average Bonchev–Trinajstić information content (AvgIpc) is 3.10. The highest BCUT2D eigenvalue weighted by atomic mass is 16.7. The third-order valence-corrected chi connectivity index (χ3v) is 4.51. The Kier molecular flexibility index (Phi) is 3.01. The van der Waals surface area contributed by atoms with Crippen molar-refractivity contribution in [2.75, 3.05) is 20.2 Å². The molecule has 1 spiro atoms. The van der Waals surface area contributed by atoms with Gasteiger partial charge in [0.05, 0.1) is 20.2 Å². The molecule has 0 aromatic rings. The Hall–Kier alpha value is -1.10. The van der Waals surface area contributed by atoms with Crippen LogP contribution in [-0.2, 0) is 4.84 Å². The largest absolute Gasteiger partial charge is 0.364 e. The fourth-order valence-electron chi connectivity index (χ4n) is 3.04. The molecule has 2 amide bonds. The summed E-state index contributed by atoms with van der Waals surface area (Å²) < 4.78 is 0. The highest BCUT2D eigenvalue weighted by Crippen LogP contribution is 2.54. The van der Waals surface area contributed by atoms with Crippen molar-refractivity contribution in [2.24, 2.45) is 10.5 Å². The number of hydroxylamine groups is 2. The molecule has 1 saturated heterocycles. The summed E-state index contributed by atoms with van der Waals surface area (Å²) in [5.74, 6) is 0. The van der Waals surface area contributed by atoms with E-state index in [0.717, 1.165) is 12.8 Å². The van der Waals surface area contributed by atoms with Gasteiger partial charge in [-0.3, -0.25) is 4.84 Å². The fourth-order valence-corrected chi connectivity index (χ4v) is 3.04. The van der Waals surface area contributed by atoms with Crippen molar-refractivity contribution in [3.05, 3.63) is 0 Å². The third kappa shape index (κ3) is 2.23. The molecule has 3 fully saturated rings. The zero-order valence-corrected chi connectivity index (χ0v) is 11.0. The second-order valence-electron chi connectivity index (χ2n) is 5.71.